The molecule has 17 heavy (non-hydrogen) atoms. The van der Waals surface area contributed by atoms with Gasteiger partial charge in [0.25, 0.3) is 0 Å². The van der Waals surface area contributed by atoms with Crippen LogP contribution in [0.25, 0.3) is 0 Å². The molecule has 1 aromatic carbocycles. The quantitative estimate of drug-likeness (QED) is 0.778. The molecule has 0 spiro atoms. The molecule has 0 fully saturated rings. The largest absolute Gasteiger partial charge is 0.397 e. The number of rotatable bonds is 3. The smallest absolute Gasteiger partial charge is 0.0992 e. The maximum Gasteiger partial charge on any atom is 0.0992 e. The van der Waals surface area contributed by atoms with E-state index >= 15 is 0 Å². The number of nitrogens with one attached hydrogen (secondary N) is 1. The minimum Gasteiger partial charge on any atom is -0.397 e. The SMILES string of the molecule is Cn1ccc(CNc2cc(C#N)ccc2N)n1. The van der Waals surface area contributed by atoms with Gasteiger partial charge in [0.2, 0.25) is 0 Å². The van der Waals surface area contributed by atoms with Gasteiger partial charge in [-0.2, -0.15) is 10.4 Å². The van der Waals surface area contributed by atoms with E-state index in [1.54, 1.807) is 22.9 Å². The van der Waals surface area contributed by atoms with Crippen LogP contribution in [-0.2, 0) is 13.6 Å². The monoisotopic (exact) mass is 227 g/mol. The number of nitrogens with two attached hydrogens (primary N) is 1. The molecule has 0 bridgehead atoms. The summed E-state index contributed by atoms with van der Waals surface area (Å²) in [4.78, 5) is 0. The molecule has 0 aliphatic carbocycles. The molecular weight excluding hydrogens is 214 g/mol. The summed E-state index contributed by atoms with van der Waals surface area (Å²) < 4.78 is 1.74. The molecule has 2 rings (SSSR count). The average molecular weight is 227 g/mol. The summed E-state index contributed by atoms with van der Waals surface area (Å²) >= 11 is 0. The Morgan fingerprint density at radius 2 is 2.29 bits per heavy atom. The molecule has 0 aliphatic rings. The average Bonchev–Trinajstić information content (AvgIpc) is 2.74. The first-order valence-electron chi connectivity index (χ1n) is 5.21. The van der Waals surface area contributed by atoms with Crippen LogP contribution in [0.1, 0.15) is 11.3 Å². The first kappa shape index (κ1) is 11.0. The van der Waals surface area contributed by atoms with Crippen molar-refractivity contribution in [1.82, 2.24) is 9.78 Å². The number of hydrogen-bond acceptors (Lipinski definition) is 4. The number of anilines is 2. The van der Waals surface area contributed by atoms with E-state index in [4.69, 9.17) is 11.0 Å². The van der Waals surface area contributed by atoms with Crippen LogP contribution in [0.3, 0.4) is 0 Å². The van der Waals surface area contributed by atoms with Gasteiger partial charge in [-0.25, -0.2) is 0 Å². The fourth-order valence-electron chi connectivity index (χ4n) is 1.52. The highest BCUT2D eigenvalue weighted by molar-refractivity contribution is 5.68. The molecular formula is C12H13N5. The van der Waals surface area contributed by atoms with Gasteiger partial charge in [0.1, 0.15) is 0 Å². The van der Waals surface area contributed by atoms with Gasteiger partial charge < -0.3 is 11.1 Å². The molecule has 5 heteroatoms. The van der Waals surface area contributed by atoms with E-state index in [9.17, 15) is 0 Å². The topological polar surface area (TPSA) is 79.7 Å². The van der Waals surface area contributed by atoms with Crippen molar-refractivity contribution in [2.24, 2.45) is 7.05 Å². The lowest BCUT2D eigenvalue weighted by Gasteiger charge is -2.07. The van der Waals surface area contributed by atoms with E-state index < -0.39 is 0 Å². The first-order chi connectivity index (χ1) is 8.19. The third-order valence-electron chi connectivity index (χ3n) is 2.41. The summed E-state index contributed by atoms with van der Waals surface area (Å²) in [5, 5.41) is 16.2. The molecule has 0 saturated carbocycles. The van der Waals surface area contributed by atoms with E-state index in [2.05, 4.69) is 16.5 Å². The minimum absolute atomic E-state index is 0.583. The Morgan fingerprint density at radius 3 is 2.94 bits per heavy atom. The normalized spacial score (nSPS) is 9.88. The second kappa shape index (κ2) is 4.58. The van der Waals surface area contributed by atoms with E-state index in [0.717, 1.165) is 11.4 Å². The maximum absolute atomic E-state index is 8.81. The summed E-state index contributed by atoms with van der Waals surface area (Å²) in [6.45, 7) is 0.583. The van der Waals surface area contributed by atoms with Gasteiger partial charge in [0, 0.05) is 13.2 Å². The third-order valence-corrected chi connectivity index (χ3v) is 2.41. The second-order valence-corrected chi connectivity index (χ2v) is 3.75. The Kier molecular flexibility index (Phi) is 2.97. The van der Waals surface area contributed by atoms with Gasteiger partial charge in [0.15, 0.2) is 0 Å². The number of aryl methyl sites for hydroxylation is 1. The van der Waals surface area contributed by atoms with Crippen molar-refractivity contribution < 1.29 is 0 Å². The third kappa shape index (κ3) is 2.55. The molecule has 0 aliphatic heterocycles. The van der Waals surface area contributed by atoms with Crippen LogP contribution in [0.2, 0.25) is 0 Å². The molecule has 3 N–H and O–H groups in total. The van der Waals surface area contributed by atoms with E-state index in [1.807, 2.05) is 19.3 Å². The van der Waals surface area contributed by atoms with Gasteiger partial charge in [-0.05, 0) is 24.3 Å². The summed E-state index contributed by atoms with van der Waals surface area (Å²) in [7, 11) is 1.87. The predicted molar refractivity (Wildman–Crippen MR) is 66.1 cm³/mol. The fourth-order valence-corrected chi connectivity index (χ4v) is 1.52. The van der Waals surface area contributed by atoms with Gasteiger partial charge in [-0.3, -0.25) is 4.68 Å². The number of aromatic nitrogens is 2. The molecule has 0 amide bonds. The molecule has 0 saturated heterocycles. The highest BCUT2D eigenvalue weighted by Gasteiger charge is 2.02. The molecule has 5 nitrogen and oxygen atoms in total. The molecule has 0 radical (unpaired) electrons. The van der Waals surface area contributed by atoms with Crippen molar-refractivity contribution in [2.45, 2.75) is 6.54 Å². The predicted octanol–water partition coefficient (Wildman–Crippen LogP) is 1.49. The van der Waals surface area contributed by atoms with E-state index in [0.29, 0.717) is 17.8 Å². The fraction of sp³-hybridized carbons (Fsp3) is 0.167. The zero-order chi connectivity index (χ0) is 12.3. The summed E-state index contributed by atoms with van der Waals surface area (Å²) in [5.74, 6) is 0. The van der Waals surface area contributed by atoms with Crippen LogP contribution in [-0.4, -0.2) is 9.78 Å². The number of nitriles is 1. The van der Waals surface area contributed by atoms with Gasteiger partial charge in [-0.1, -0.05) is 0 Å². The number of hydrogen-bond donors (Lipinski definition) is 2. The van der Waals surface area contributed by atoms with Gasteiger partial charge in [0.05, 0.1) is 35.2 Å². The van der Waals surface area contributed by atoms with Crippen molar-refractivity contribution in [1.29, 1.82) is 5.26 Å². The highest BCUT2D eigenvalue weighted by atomic mass is 15.3. The summed E-state index contributed by atoms with van der Waals surface area (Å²) in [5.41, 5.74) is 8.71. The molecule has 2 aromatic rings. The highest BCUT2D eigenvalue weighted by Crippen LogP contribution is 2.20. The van der Waals surface area contributed by atoms with Crippen LogP contribution in [0, 0.1) is 11.3 Å². The number of nitrogens with zero attached hydrogens (tertiary/aromatic N) is 3. The standard InChI is InChI=1S/C12H13N5/c1-17-5-4-10(16-17)8-15-12-6-9(7-13)2-3-11(12)14/h2-6,15H,8,14H2,1H3. The molecule has 1 aromatic heterocycles. The van der Waals surface area contributed by atoms with Crippen LogP contribution in [0.4, 0.5) is 11.4 Å². The van der Waals surface area contributed by atoms with Crippen LogP contribution in [0.15, 0.2) is 30.5 Å². The molecule has 0 unspecified atom stereocenters. The van der Waals surface area contributed by atoms with Crippen molar-refractivity contribution in [3.8, 4) is 6.07 Å². The van der Waals surface area contributed by atoms with Crippen molar-refractivity contribution in [2.75, 3.05) is 11.1 Å². The molecule has 1 heterocycles. The lowest BCUT2D eigenvalue weighted by molar-refractivity contribution is 0.747. The summed E-state index contributed by atoms with van der Waals surface area (Å²) in [6, 6.07) is 9.16. The Balaban J connectivity index is 2.11. The Bertz CT molecular complexity index is 565. The van der Waals surface area contributed by atoms with Crippen LogP contribution < -0.4 is 11.1 Å². The lowest BCUT2D eigenvalue weighted by Crippen LogP contribution is -2.04. The Labute approximate surface area is 99.5 Å². The van der Waals surface area contributed by atoms with Crippen molar-refractivity contribution >= 4 is 11.4 Å². The Morgan fingerprint density at radius 1 is 1.47 bits per heavy atom. The second-order valence-electron chi connectivity index (χ2n) is 3.75. The molecule has 0 atom stereocenters. The van der Waals surface area contributed by atoms with Gasteiger partial charge in [-0.15, -0.1) is 0 Å². The Hall–Kier alpha value is -2.48. The van der Waals surface area contributed by atoms with Crippen molar-refractivity contribution in [3.05, 3.63) is 41.7 Å². The minimum atomic E-state index is 0.583. The zero-order valence-electron chi connectivity index (χ0n) is 9.51. The molecule has 86 valence electrons. The van der Waals surface area contributed by atoms with Crippen LogP contribution in [0.5, 0.6) is 0 Å². The van der Waals surface area contributed by atoms with E-state index in [1.165, 1.54) is 0 Å². The zero-order valence-corrected chi connectivity index (χ0v) is 9.51. The maximum atomic E-state index is 8.81. The summed E-state index contributed by atoms with van der Waals surface area (Å²) in [6.07, 6.45) is 1.88. The van der Waals surface area contributed by atoms with Crippen molar-refractivity contribution in [3.63, 3.8) is 0 Å². The number of benzene rings is 1. The first-order valence-corrected chi connectivity index (χ1v) is 5.21. The van der Waals surface area contributed by atoms with Crippen LogP contribution >= 0.6 is 0 Å². The van der Waals surface area contributed by atoms with Gasteiger partial charge >= 0.3 is 0 Å². The van der Waals surface area contributed by atoms with E-state index in [-0.39, 0.29) is 0 Å². The lowest BCUT2D eigenvalue weighted by atomic mass is 10.2. The number of nitrogen functional groups attached to an aromatic ring is 1.